The van der Waals surface area contributed by atoms with Gasteiger partial charge in [-0.15, -0.1) is 0 Å². The zero-order chi connectivity index (χ0) is 27.9. The van der Waals surface area contributed by atoms with E-state index in [1.165, 1.54) is 27.8 Å². The molecule has 4 aromatic carbocycles. The first kappa shape index (κ1) is 26.6. The maximum Gasteiger partial charge on any atom is 0.229 e. The van der Waals surface area contributed by atoms with Crippen LogP contribution in [0.3, 0.4) is 0 Å². The minimum Gasteiger partial charge on any atom is -0.436 e. The molecule has 0 saturated carbocycles. The van der Waals surface area contributed by atoms with Crippen molar-refractivity contribution in [3.05, 3.63) is 107 Å². The third-order valence-electron chi connectivity index (χ3n) is 7.28. The molecule has 198 valence electrons. The first-order valence-corrected chi connectivity index (χ1v) is 13.7. The van der Waals surface area contributed by atoms with Gasteiger partial charge in [-0.1, -0.05) is 95.6 Å². The summed E-state index contributed by atoms with van der Waals surface area (Å²) in [7, 11) is 0. The van der Waals surface area contributed by atoms with E-state index in [0.717, 1.165) is 33.5 Å². The average Bonchev–Trinajstić information content (AvgIpc) is 3.32. The largest absolute Gasteiger partial charge is 0.436 e. The fraction of sp³-hybridized carbons (Fsp3) is 0.278. The number of aliphatic imine (C=N–C) groups is 1. The highest BCUT2D eigenvalue weighted by molar-refractivity contribution is 5.94. The minimum atomic E-state index is 0.0489. The Labute approximate surface area is 232 Å². The van der Waals surface area contributed by atoms with Crippen molar-refractivity contribution >= 4 is 23.0 Å². The molecule has 0 bridgehead atoms. The molecule has 0 unspecified atom stereocenters. The second-order valence-corrected chi connectivity index (χ2v) is 12.6. The summed E-state index contributed by atoms with van der Waals surface area (Å²) in [6.45, 7) is 17.8. The van der Waals surface area contributed by atoms with Crippen LogP contribution in [0.2, 0.25) is 0 Å². The SMILES string of the molecule is Cc1ccc(C)c(-c2cccc3oc(-c4ccccc4N=Cc4cc(C(C)(C)C)cc(C(C)(C)C)c4)nc23)c1. The van der Waals surface area contributed by atoms with Crippen molar-refractivity contribution in [2.45, 2.75) is 66.2 Å². The van der Waals surface area contributed by atoms with Crippen LogP contribution >= 0.6 is 0 Å². The van der Waals surface area contributed by atoms with Crippen LogP contribution in [0.15, 0.2) is 88.3 Å². The Kier molecular flexibility index (Phi) is 6.80. The number of hydrogen-bond donors (Lipinski definition) is 0. The lowest BCUT2D eigenvalue weighted by Crippen LogP contribution is -2.17. The van der Waals surface area contributed by atoms with E-state index in [1.807, 2.05) is 42.6 Å². The first-order valence-electron chi connectivity index (χ1n) is 13.7. The maximum atomic E-state index is 6.32. The lowest BCUT2D eigenvalue weighted by Gasteiger charge is -2.25. The van der Waals surface area contributed by atoms with Gasteiger partial charge in [0, 0.05) is 11.8 Å². The van der Waals surface area contributed by atoms with Gasteiger partial charge >= 0.3 is 0 Å². The Morgan fingerprint density at radius 3 is 2.05 bits per heavy atom. The molecule has 0 saturated heterocycles. The van der Waals surface area contributed by atoms with Crippen LogP contribution in [0.1, 0.15) is 69.4 Å². The van der Waals surface area contributed by atoms with Gasteiger partial charge in [-0.05, 0) is 82.8 Å². The summed E-state index contributed by atoms with van der Waals surface area (Å²) >= 11 is 0. The molecule has 0 spiro atoms. The van der Waals surface area contributed by atoms with Crippen molar-refractivity contribution in [3.63, 3.8) is 0 Å². The van der Waals surface area contributed by atoms with Gasteiger partial charge in [0.2, 0.25) is 5.89 Å². The van der Waals surface area contributed by atoms with Crippen LogP contribution in [0.5, 0.6) is 0 Å². The summed E-state index contributed by atoms with van der Waals surface area (Å²) in [5.74, 6) is 0.578. The summed E-state index contributed by atoms with van der Waals surface area (Å²) in [4.78, 5) is 9.95. The van der Waals surface area contributed by atoms with Crippen molar-refractivity contribution in [1.29, 1.82) is 0 Å². The number of fused-ring (bicyclic) bond motifs is 1. The predicted molar refractivity (Wildman–Crippen MR) is 165 cm³/mol. The van der Waals surface area contributed by atoms with Gasteiger partial charge < -0.3 is 4.42 Å². The van der Waals surface area contributed by atoms with E-state index < -0.39 is 0 Å². The van der Waals surface area contributed by atoms with Crippen molar-refractivity contribution < 1.29 is 4.42 Å². The van der Waals surface area contributed by atoms with Gasteiger partial charge in [0.1, 0.15) is 5.52 Å². The van der Waals surface area contributed by atoms with Crippen LogP contribution in [-0.2, 0) is 10.8 Å². The minimum absolute atomic E-state index is 0.0489. The highest BCUT2D eigenvalue weighted by Gasteiger charge is 2.20. The van der Waals surface area contributed by atoms with Crippen molar-refractivity contribution in [2.24, 2.45) is 4.99 Å². The van der Waals surface area contributed by atoms with Crippen LogP contribution in [0.4, 0.5) is 5.69 Å². The number of aromatic nitrogens is 1. The van der Waals surface area contributed by atoms with Gasteiger partial charge in [-0.2, -0.15) is 0 Å². The van der Waals surface area contributed by atoms with E-state index in [2.05, 4.69) is 97.9 Å². The van der Waals surface area contributed by atoms with Crippen molar-refractivity contribution in [1.82, 2.24) is 4.98 Å². The summed E-state index contributed by atoms with van der Waals surface area (Å²) in [6, 6.07) is 27.5. The third-order valence-corrected chi connectivity index (χ3v) is 7.28. The lowest BCUT2D eigenvalue weighted by atomic mass is 9.79. The lowest BCUT2D eigenvalue weighted by molar-refractivity contribution is 0.568. The Bertz CT molecular complexity index is 1660. The topological polar surface area (TPSA) is 38.4 Å². The van der Waals surface area contributed by atoms with Crippen LogP contribution in [0.25, 0.3) is 33.7 Å². The van der Waals surface area contributed by atoms with Crippen molar-refractivity contribution in [3.8, 4) is 22.6 Å². The first-order chi connectivity index (χ1) is 18.4. The van der Waals surface area contributed by atoms with Gasteiger partial charge in [-0.3, -0.25) is 4.99 Å². The number of aryl methyl sites for hydroxylation is 2. The fourth-order valence-electron chi connectivity index (χ4n) is 4.81. The molecule has 0 fully saturated rings. The van der Waals surface area contributed by atoms with Crippen LogP contribution < -0.4 is 0 Å². The van der Waals surface area contributed by atoms with E-state index >= 15 is 0 Å². The standard InChI is InChI=1S/C36H38N2O/c1-23-16-17-24(2)30(18-23)28-13-11-15-32-33(28)38-34(39-32)29-12-9-10-14-31(29)37-22-25-19-26(35(3,4)5)21-27(20-25)36(6,7)8/h9-22H,1-8H3. The quantitative estimate of drug-likeness (QED) is 0.224. The molecule has 0 atom stereocenters. The highest BCUT2D eigenvalue weighted by atomic mass is 16.3. The molecule has 5 aromatic rings. The van der Waals surface area contributed by atoms with E-state index in [0.29, 0.717) is 5.89 Å². The summed E-state index contributed by atoms with van der Waals surface area (Å²) in [5.41, 5.74) is 11.9. The Morgan fingerprint density at radius 1 is 0.692 bits per heavy atom. The Morgan fingerprint density at radius 2 is 1.36 bits per heavy atom. The molecule has 0 amide bonds. The number of oxazole rings is 1. The summed E-state index contributed by atoms with van der Waals surface area (Å²) in [5, 5.41) is 0. The van der Waals surface area contributed by atoms with E-state index in [9.17, 15) is 0 Å². The predicted octanol–water partition coefficient (Wildman–Crippen LogP) is 10.1. The molecular formula is C36H38N2O. The number of hydrogen-bond acceptors (Lipinski definition) is 3. The van der Waals surface area contributed by atoms with Gasteiger partial charge in [0.15, 0.2) is 5.58 Å². The normalized spacial score (nSPS) is 12.5. The van der Waals surface area contributed by atoms with E-state index in [1.54, 1.807) is 0 Å². The monoisotopic (exact) mass is 514 g/mol. The molecule has 3 heteroatoms. The molecule has 1 heterocycles. The third kappa shape index (κ3) is 5.59. The second-order valence-electron chi connectivity index (χ2n) is 12.6. The summed E-state index contributed by atoms with van der Waals surface area (Å²) in [6.07, 6.45) is 1.97. The zero-order valence-corrected chi connectivity index (χ0v) is 24.4. The van der Waals surface area contributed by atoms with E-state index in [4.69, 9.17) is 14.4 Å². The molecule has 1 aromatic heterocycles. The zero-order valence-electron chi connectivity index (χ0n) is 24.4. The summed E-state index contributed by atoms with van der Waals surface area (Å²) < 4.78 is 6.32. The molecule has 0 aliphatic carbocycles. The number of benzene rings is 4. The van der Waals surface area contributed by atoms with Gasteiger partial charge in [0.05, 0.1) is 11.3 Å². The average molecular weight is 515 g/mol. The van der Waals surface area contributed by atoms with Gasteiger partial charge in [-0.25, -0.2) is 4.98 Å². The Balaban J connectivity index is 1.58. The fourth-order valence-corrected chi connectivity index (χ4v) is 4.81. The van der Waals surface area contributed by atoms with Crippen LogP contribution in [0, 0.1) is 13.8 Å². The molecule has 3 nitrogen and oxygen atoms in total. The second kappa shape index (κ2) is 9.96. The van der Waals surface area contributed by atoms with Crippen molar-refractivity contribution in [2.75, 3.05) is 0 Å². The van der Waals surface area contributed by atoms with Gasteiger partial charge in [0.25, 0.3) is 0 Å². The molecule has 0 aliphatic rings. The molecule has 39 heavy (non-hydrogen) atoms. The molecule has 5 rings (SSSR count). The molecule has 0 aliphatic heterocycles. The van der Waals surface area contributed by atoms with Crippen LogP contribution in [-0.4, -0.2) is 11.2 Å². The number of nitrogens with zero attached hydrogens (tertiary/aromatic N) is 2. The van der Waals surface area contributed by atoms with E-state index in [-0.39, 0.29) is 10.8 Å². The molecule has 0 radical (unpaired) electrons. The molecule has 0 N–H and O–H groups in total. The Hall–Kier alpha value is -3.98. The molecular weight excluding hydrogens is 476 g/mol. The highest BCUT2D eigenvalue weighted by Crippen LogP contribution is 2.37. The maximum absolute atomic E-state index is 6.32. The smallest absolute Gasteiger partial charge is 0.229 e. The number of para-hydroxylation sites is 2. The number of rotatable bonds is 4.